The number of halogens is 2. The van der Waals surface area contributed by atoms with Crippen LogP contribution in [0.2, 0.25) is 5.02 Å². The van der Waals surface area contributed by atoms with Crippen molar-refractivity contribution in [2.75, 3.05) is 38.1 Å². The minimum atomic E-state index is 0. The number of benzene rings is 1. The fourth-order valence-corrected chi connectivity index (χ4v) is 3.49. The highest BCUT2D eigenvalue weighted by Gasteiger charge is 2.27. The predicted octanol–water partition coefficient (Wildman–Crippen LogP) is 2.21. The van der Waals surface area contributed by atoms with E-state index < -0.39 is 0 Å². The lowest BCUT2D eigenvalue weighted by molar-refractivity contribution is -0.120. The first-order valence-electron chi connectivity index (χ1n) is 9.86. The molecular formula is C20H24ClIN8O2. The Morgan fingerprint density at radius 1 is 1.28 bits per heavy atom. The number of nitrogens with zero attached hydrogens (tertiary/aromatic N) is 7. The van der Waals surface area contributed by atoms with E-state index in [4.69, 9.17) is 16.1 Å². The van der Waals surface area contributed by atoms with Crippen molar-refractivity contribution in [1.29, 1.82) is 0 Å². The number of carbonyl (C=O) groups is 1. The van der Waals surface area contributed by atoms with Gasteiger partial charge in [-0.2, -0.15) is 10.1 Å². The fourth-order valence-electron chi connectivity index (χ4n) is 3.36. The molecule has 1 N–H and O–H groups in total. The molecule has 1 fully saturated rings. The second-order valence-corrected chi connectivity index (χ2v) is 7.52. The Labute approximate surface area is 207 Å². The van der Waals surface area contributed by atoms with E-state index in [2.05, 4.69) is 25.5 Å². The Morgan fingerprint density at radius 3 is 2.72 bits per heavy atom. The smallest absolute Gasteiger partial charge is 0.246 e. The average molecular weight is 571 g/mol. The van der Waals surface area contributed by atoms with Crippen LogP contribution in [0, 0.1) is 0 Å². The van der Waals surface area contributed by atoms with Crippen LogP contribution in [0.4, 0.5) is 5.69 Å². The molecular weight excluding hydrogens is 547 g/mol. The molecule has 1 aliphatic heterocycles. The second kappa shape index (κ2) is 10.8. The highest BCUT2D eigenvalue weighted by atomic mass is 127. The summed E-state index contributed by atoms with van der Waals surface area (Å²) in [5.74, 6) is 1.71. The van der Waals surface area contributed by atoms with Crippen LogP contribution in [0.3, 0.4) is 0 Å². The van der Waals surface area contributed by atoms with E-state index >= 15 is 0 Å². The Balaban J connectivity index is 0.00000289. The molecule has 0 radical (unpaired) electrons. The van der Waals surface area contributed by atoms with Gasteiger partial charge in [-0.1, -0.05) is 16.8 Å². The number of hydrogen-bond donors (Lipinski definition) is 1. The van der Waals surface area contributed by atoms with Gasteiger partial charge >= 0.3 is 0 Å². The number of aliphatic imine (C=N–C) groups is 1. The number of amides is 1. The topological polar surface area (TPSA) is 105 Å². The van der Waals surface area contributed by atoms with Crippen molar-refractivity contribution in [3.05, 3.63) is 47.6 Å². The van der Waals surface area contributed by atoms with Gasteiger partial charge in [-0.3, -0.25) is 14.5 Å². The van der Waals surface area contributed by atoms with Crippen LogP contribution in [0.5, 0.6) is 0 Å². The van der Waals surface area contributed by atoms with Crippen molar-refractivity contribution in [3.8, 4) is 11.4 Å². The number of aryl methyl sites for hydroxylation is 1. The highest BCUT2D eigenvalue weighted by molar-refractivity contribution is 14.0. The molecule has 2 aromatic heterocycles. The maximum absolute atomic E-state index is 12.6. The van der Waals surface area contributed by atoms with Crippen LogP contribution in [-0.4, -0.2) is 69.9 Å². The maximum atomic E-state index is 12.6. The lowest BCUT2D eigenvalue weighted by atomic mass is 10.2. The molecule has 0 bridgehead atoms. The summed E-state index contributed by atoms with van der Waals surface area (Å²) < 4.78 is 7.02. The Hall–Kier alpha value is -2.67. The maximum Gasteiger partial charge on any atom is 0.246 e. The van der Waals surface area contributed by atoms with E-state index in [1.807, 2.05) is 30.3 Å². The van der Waals surface area contributed by atoms with E-state index in [0.29, 0.717) is 48.8 Å². The zero-order chi connectivity index (χ0) is 21.8. The Morgan fingerprint density at radius 2 is 2.06 bits per heavy atom. The quantitative estimate of drug-likeness (QED) is 0.285. The van der Waals surface area contributed by atoms with E-state index in [0.717, 1.165) is 11.3 Å². The molecule has 3 heterocycles. The van der Waals surface area contributed by atoms with Gasteiger partial charge in [-0.05, 0) is 24.3 Å². The number of aromatic nitrogens is 4. The first kappa shape index (κ1) is 24.0. The molecule has 0 aliphatic carbocycles. The summed E-state index contributed by atoms with van der Waals surface area (Å²) in [4.78, 5) is 25.0. The summed E-state index contributed by atoms with van der Waals surface area (Å²) in [5.41, 5.74) is 1.65. The average Bonchev–Trinajstić information content (AvgIpc) is 3.41. The number of nitrogens with one attached hydrogen (secondary N) is 1. The van der Waals surface area contributed by atoms with E-state index in [1.165, 1.54) is 0 Å². The largest absolute Gasteiger partial charge is 0.356 e. The van der Waals surface area contributed by atoms with E-state index in [9.17, 15) is 4.79 Å². The van der Waals surface area contributed by atoms with Crippen molar-refractivity contribution in [2.24, 2.45) is 12.0 Å². The third kappa shape index (κ3) is 5.57. The molecule has 1 aromatic carbocycles. The van der Waals surface area contributed by atoms with Gasteiger partial charge in [-0.25, -0.2) is 0 Å². The van der Waals surface area contributed by atoms with E-state index in [1.54, 1.807) is 35.0 Å². The van der Waals surface area contributed by atoms with Crippen LogP contribution >= 0.6 is 35.6 Å². The number of guanidine groups is 1. The molecule has 3 aromatic rings. The summed E-state index contributed by atoms with van der Waals surface area (Å²) in [6.45, 7) is 2.03. The van der Waals surface area contributed by atoms with Crippen molar-refractivity contribution in [1.82, 2.24) is 30.1 Å². The molecule has 0 spiro atoms. The summed E-state index contributed by atoms with van der Waals surface area (Å²) in [6.07, 6.45) is 4.07. The van der Waals surface area contributed by atoms with Gasteiger partial charge in [0.15, 0.2) is 5.96 Å². The van der Waals surface area contributed by atoms with Crippen molar-refractivity contribution in [2.45, 2.75) is 6.42 Å². The van der Waals surface area contributed by atoms with Crippen LogP contribution in [-0.2, 0) is 18.3 Å². The molecule has 32 heavy (non-hydrogen) atoms. The zero-order valence-electron chi connectivity index (χ0n) is 17.7. The fraction of sp³-hybridized carbons (Fsp3) is 0.350. The van der Waals surface area contributed by atoms with Crippen LogP contribution in [0.1, 0.15) is 5.89 Å². The minimum absolute atomic E-state index is 0. The molecule has 1 aliphatic rings. The first-order valence-corrected chi connectivity index (χ1v) is 10.2. The van der Waals surface area contributed by atoms with Crippen molar-refractivity contribution < 1.29 is 9.32 Å². The van der Waals surface area contributed by atoms with Crippen LogP contribution in [0.25, 0.3) is 11.4 Å². The molecule has 4 rings (SSSR count). The lowest BCUT2D eigenvalue weighted by Crippen LogP contribution is -2.55. The zero-order valence-corrected chi connectivity index (χ0v) is 20.8. The van der Waals surface area contributed by atoms with Gasteiger partial charge in [-0.15, -0.1) is 24.0 Å². The Bertz CT molecular complexity index is 1080. The van der Waals surface area contributed by atoms with Gasteiger partial charge in [0.05, 0.1) is 11.9 Å². The van der Waals surface area contributed by atoms with E-state index in [-0.39, 0.29) is 36.4 Å². The normalized spacial score (nSPS) is 14.5. The third-order valence-corrected chi connectivity index (χ3v) is 5.18. The van der Waals surface area contributed by atoms with Gasteiger partial charge in [0.2, 0.25) is 17.6 Å². The number of carbonyl (C=O) groups excluding carboxylic acids is 1. The van der Waals surface area contributed by atoms with Gasteiger partial charge in [0, 0.05) is 56.9 Å². The molecule has 10 nitrogen and oxygen atoms in total. The number of piperazine rings is 1. The van der Waals surface area contributed by atoms with Gasteiger partial charge < -0.3 is 19.6 Å². The predicted molar refractivity (Wildman–Crippen MR) is 132 cm³/mol. The number of anilines is 1. The SMILES string of the molecule is CN=C(NCCc1nc(-c2ccc(Cl)cc2)no1)N1CCN(c2cnn(C)c2)C(=O)C1.I. The first-order chi connectivity index (χ1) is 15.0. The molecule has 170 valence electrons. The molecule has 0 atom stereocenters. The molecule has 0 saturated carbocycles. The summed E-state index contributed by atoms with van der Waals surface area (Å²) in [7, 11) is 3.53. The number of hydrogen-bond acceptors (Lipinski definition) is 6. The molecule has 1 saturated heterocycles. The van der Waals surface area contributed by atoms with Crippen LogP contribution < -0.4 is 10.2 Å². The van der Waals surface area contributed by atoms with Crippen LogP contribution in [0.15, 0.2) is 46.2 Å². The van der Waals surface area contributed by atoms with Crippen molar-refractivity contribution >= 4 is 53.1 Å². The highest BCUT2D eigenvalue weighted by Crippen LogP contribution is 2.19. The standard InChI is InChI=1S/C20H23ClN8O2.HI/c1-22-20(28-9-10-29(18(30)13-28)16-11-24-27(2)12-16)23-8-7-17-25-19(26-31-17)14-3-5-15(21)6-4-14;/h3-6,11-12H,7-10,13H2,1-2H3,(H,22,23);1H. The second-order valence-electron chi connectivity index (χ2n) is 7.08. The molecule has 1 amide bonds. The third-order valence-electron chi connectivity index (χ3n) is 4.93. The monoisotopic (exact) mass is 570 g/mol. The number of rotatable bonds is 5. The summed E-state index contributed by atoms with van der Waals surface area (Å²) in [5, 5.41) is 12.1. The van der Waals surface area contributed by atoms with Gasteiger partial charge in [0.25, 0.3) is 0 Å². The lowest BCUT2D eigenvalue weighted by Gasteiger charge is -2.35. The summed E-state index contributed by atoms with van der Waals surface area (Å²) >= 11 is 5.91. The molecule has 0 unspecified atom stereocenters. The van der Waals surface area contributed by atoms with Crippen molar-refractivity contribution in [3.63, 3.8) is 0 Å². The van der Waals surface area contributed by atoms with Gasteiger partial charge in [0.1, 0.15) is 6.54 Å². The molecule has 12 heteroatoms. The Kier molecular flexibility index (Phi) is 8.07. The summed E-state index contributed by atoms with van der Waals surface area (Å²) in [6, 6.07) is 7.26. The minimum Gasteiger partial charge on any atom is -0.356 e.